The summed E-state index contributed by atoms with van der Waals surface area (Å²) >= 11 is 0. The second kappa shape index (κ2) is 9.71. The van der Waals surface area contributed by atoms with Crippen molar-refractivity contribution in [2.45, 2.75) is 75.7 Å². The van der Waals surface area contributed by atoms with Gasteiger partial charge in [-0.15, -0.1) is 0 Å². The van der Waals surface area contributed by atoms with Gasteiger partial charge in [0.1, 0.15) is 17.2 Å². The molecule has 2 aliphatic heterocycles. The van der Waals surface area contributed by atoms with Crippen molar-refractivity contribution < 1.29 is 19.1 Å². The number of likely N-dealkylation sites (tertiary alicyclic amines) is 1. The average Bonchev–Trinajstić information content (AvgIpc) is 3.30. The highest BCUT2D eigenvalue weighted by Crippen LogP contribution is 2.44. The normalized spacial score (nSPS) is 21.3. The van der Waals surface area contributed by atoms with Gasteiger partial charge in [-0.3, -0.25) is 9.59 Å². The van der Waals surface area contributed by atoms with Crippen LogP contribution in [0.5, 0.6) is 0 Å². The summed E-state index contributed by atoms with van der Waals surface area (Å²) in [4.78, 5) is 38.6. The minimum Gasteiger partial charge on any atom is -0.444 e. The van der Waals surface area contributed by atoms with Gasteiger partial charge in [-0.05, 0) is 81.8 Å². The molecular formula is C31H38N2O4. The van der Waals surface area contributed by atoms with Crippen molar-refractivity contribution in [3.05, 3.63) is 70.8 Å². The Morgan fingerprint density at radius 1 is 0.784 bits per heavy atom. The van der Waals surface area contributed by atoms with Gasteiger partial charge in [0, 0.05) is 25.9 Å². The van der Waals surface area contributed by atoms with E-state index in [-0.39, 0.29) is 16.9 Å². The van der Waals surface area contributed by atoms with Gasteiger partial charge >= 0.3 is 6.09 Å². The number of fused-ring (bicyclic) bond motifs is 4. The number of nitrogens with zero attached hydrogens (tertiary/aromatic N) is 1. The lowest BCUT2D eigenvalue weighted by atomic mass is 9.73. The summed E-state index contributed by atoms with van der Waals surface area (Å²) in [5.74, 6) is 0.739. The second-order valence-electron chi connectivity index (χ2n) is 11.9. The summed E-state index contributed by atoms with van der Waals surface area (Å²) in [6, 6.07) is 16.4. The molecule has 196 valence electrons. The SMILES string of the molecule is CC(C)(C)OC(=O)N1CCC2(CC1)C(=O)Cc1ccccc12.O=C1Cc2ccccc2C12CCNCC2. The number of Topliss-reactive ketones (excluding diaryl/α,β-unsaturated/α-hetero) is 2. The molecule has 4 aliphatic rings. The van der Waals surface area contributed by atoms with Crippen molar-refractivity contribution in [2.75, 3.05) is 26.2 Å². The first-order chi connectivity index (χ1) is 17.6. The van der Waals surface area contributed by atoms with Crippen LogP contribution in [0.1, 0.15) is 68.7 Å². The van der Waals surface area contributed by atoms with Crippen molar-refractivity contribution in [1.29, 1.82) is 0 Å². The fourth-order valence-electron chi connectivity index (χ4n) is 6.61. The maximum absolute atomic E-state index is 12.6. The van der Waals surface area contributed by atoms with Gasteiger partial charge in [0.05, 0.1) is 10.8 Å². The van der Waals surface area contributed by atoms with Crippen LogP contribution in [0.2, 0.25) is 0 Å². The molecule has 6 nitrogen and oxygen atoms in total. The molecule has 1 N–H and O–H groups in total. The number of nitrogens with one attached hydrogen (secondary N) is 1. The number of hydrogen-bond acceptors (Lipinski definition) is 5. The van der Waals surface area contributed by atoms with E-state index in [1.54, 1.807) is 4.90 Å². The topological polar surface area (TPSA) is 75.7 Å². The molecule has 2 saturated heterocycles. The first-order valence-corrected chi connectivity index (χ1v) is 13.6. The predicted octanol–water partition coefficient (Wildman–Crippen LogP) is 4.51. The first-order valence-electron chi connectivity index (χ1n) is 13.6. The van der Waals surface area contributed by atoms with E-state index in [0.29, 0.717) is 50.3 Å². The Hall–Kier alpha value is -2.99. The summed E-state index contributed by atoms with van der Waals surface area (Å²) in [6.45, 7) is 8.71. The number of carbonyl (C=O) groups excluding carboxylic acids is 3. The highest BCUT2D eigenvalue weighted by atomic mass is 16.6. The fourth-order valence-corrected chi connectivity index (χ4v) is 6.61. The molecule has 0 atom stereocenters. The average molecular weight is 503 g/mol. The Labute approximate surface area is 219 Å². The van der Waals surface area contributed by atoms with E-state index in [1.165, 1.54) is 16.7 Å². The lowest BCUT2D eigenvalue weighted by Gasteiger charge is -2.39. The van der Waals surface area contributed by atoms with Gasteiger partial charge < -0.3 is 15.0 Å². The third-order valence-electron chi connectivity index (χ3n) is 8.56. The Balaban J connectivity index is 0.000000162. The molecule has 0 radical (unpaired) electrons. The number of rotatable bonds is 0. The van der Waals surface area contributed by atoms with Gasteiger partial charge in [-0.25, -0.2) is 4.79 Å². The van der Waals surface area contributed by atoms with E-state index >= 15 is 0 Å². The molecule has 6 heteroatoms. The van der Waals surface area contributed by atoms with Crippen LogP contribution in [0.4, 0.5) is 4.79 Å². The quantitative estimate of drug-likeness (QED) is 0.574. The predicted molar refractivity (Wildman–Crippen MR) is 143 cm³/mol. The van der Waals surface area contributed by atoms with Crippen molar-refractivity contribution in [3.8, 4) is 0 Å². The molecule has 0 unspecified atom stereocenters. The van der Waals surface area contributed by atoms with Crippen LogP contribution in [-0.2, 0) is 38.0 Å². The highest BCUT2D eigenvalue weighted by Gasteiger charge is 2.48. The van der Waals surface area contributed by atoms with E-state index in [4.69, 9.17) is 4.74 Å². The number of benzene rings is 2. The fraction of sp³-hybridized carbons (Fsp3) is 0.516. The van der Waals surface area contributed by atoms with Gasteiger partial charge in [0.2, 0.25) is 0 Å². The van der Waals surface area contributed by atoms with E-state index < -0.39 is 5.60 Å². The maximum Gasteiger partial charge on any atom is 0.410 e. The van der Waals surface area contributed by atoms with Gasteiger partial charge in [-0.2, -0.15) is 0 Å². The molecule has 37 heavy (non-hydrogen) atoms. The van der Waals surface area contributed by atoms with Crippen molar-refractivity contribution in [1.82, 2.24) is 10.2 Å². The third-order valence-corrected chi connectivity index (χ3v) is 8.56. The zero-order valence-corrected chi connectivity index (χ0v) is 22.3. The number of hydrogen-bond donors (Lipinski definition) is 1. The van der Waals surface area contributed by atoms with Crippen molar-refractivity contribution >= 4 is 17.7 Å². The summed E-state index contributed by atoms with van der Waals surface area (Å²) in [5.41, 5.74) is 3.88. The molecule has 0 saturated carbocycles. The standard InChI is InChI=1S/C18H23NO3.C13H15NO/c1-17(2,3)22-16(21)19-10-8-18(9-11-19)14-7-5-4-6-13(14)12-15(18)20;15-12-9-10-3-1-2-4-11(10)13(12)5-7-14-8-6-13/h4-7H,8-12H2,1-3H3;1-4,14H,5-9H2. The number of piperidine rings is 2. The van der Waals surface area contributed by atoms with E-state index in [9.17, 15) is 14.4 Å². The molecule has 2 aromatic carbocycles. The molecule has 2 fully saturated rings. The molecule has 2 heterocycles. The van der Waals surface area contributed by atoms with Gasteiger partial charge in [0.25, 0.3) is 0 Å². The van der Waals surface area contributed by atoms with E-state index in [1.807, 2.05) is 45.0 Å². The molecule has 1 amide bonds. The van der Waals surface area contributed by atoms with Crippen LogP contribution in [0.25, 0.3) is 0 Å². The van der Waals surface area contributed by atoms with E-state index in [0.717, 1.165) is 31.5 Å². The van der Waals surface area contributed by atoms with Crippen LogP contribution in [0.3, 0.4) is 0 Å². The molecular weight excluding hydrogens is 464 g/mol. The number of carbonyl (C=O) groups is 3. The lowest BCUT2D eigenvalue weighted by Crippen LogP contribution is -2.48. The molecule has 2 aliphatic carbocycles. The van der Waals surface area contributed by atoms with Crippen LogP contribution in [0, 0.1) is 0 Å². The zero-order valence-electron chi connectivity index (χ0n) is 22.3. The Kier molecular flexibility index (Phi) is 6.73. The van der Waals surface area contributed by atoms with Gasteiger partial charge in [0.15, 0.2) is 0 Å². The minimum absolute atomic E-state index is 0.137. The summed E-state index contributed by atoms with van der Waals surface area (Å²) in [5, 5.41) is 3.34. The first kappa shape index (κ1) is 25.7. The molecule has 0 bridgehead atoms. The van der Waals surface area contributed by atoms with E-state index in [2.05, 4.69) is 29.6 Å². The second-order valence-corrected chi connectivity index (χ2v) is 11.9. The highest BCUT2D eigenvalue weighted by molar-refractivity contribution is 5.97. The Morgan fingerprint density at radius 2 is 1.24 bits per heavy atom. The Bertz CT molecular complexity index is 1200. The maximum atomic E-state index is 12.6. The summed E-state index contributed by atoms with van der Waals surface area (Å²) < 4.78 is 5.43. The van der Waals surface area contributed by atoms with Crippen molar-refractivity contribution in [3.63, 3.8) is 0 Å². The van der Waals surface area contributed by atoms with Crippen LogP contribution in [-0.4, -0.2) is 54.3 Å². The number of amides is 1. The van der Waals surface area contributed by atoms with Crippen LogP contribution < -0.4 is 5.32 Å². The Morgan fingerprint density at radius 3 is 1.73 bits per heavy atom. The van der Waals surface area contributed by atoms with Crippen molar-refractivity contribution in [2.24, 2.45) is 0 Å². The van der Waals surface area contributed by atoms with Crippen LogP contribution in [0.15, 0.2) is 48.5 Å². The lowest BCUT2D eigenvalue weighted by molar-refractivity contribution is -0.125. The van der Waals surface area contributed by atoms with Crippen LogP contribution >= 0.6 is 0 Å². The largest absolute Gasteiger partial charge is 0.444 e. The van der Waals surface area contributed by atoms with Gasteiger partial charge in [-0.1, -0.05) is 48.5 Å². The molecule has 2 spiro atoms. The third kappa shape index (κ3) is 4.72. The summed E-state index contributed by atoms with van der Waals surface area (Å²) in [6.07, 6.45) is 4.25. The molecule has 0 aromatic heterocycles. The number of ether oxygens (including phenoxy) is 1. The summed E-state index contributed by atoms with van der Waals surface area (Å²) in [7, 11) is 0. The molecule has 2 aromatic rings. The monoisotopic (exact) mass is 502 g/mol. The minimum atomic E-state index is -0.484. The smallest absolute Gasteiger partial charge is 0.410 e. The zero-order chi connectivity index (χ0) is 26.3. The number of ketones is 2. The molecule has 6 rings (SSSR count).